The highest BCUT2D eigenvalue weighted by Gasteiger charge is 2.27. The fourth-order valence-electron chi connectivity index (χ4n) is 3.89. The minimum absolute atomic E-state index is 0.0855. The van der Waals surface area contributed by atoms with Crippen molar-refractivity contribution in [3.63, 3.8) is 0 Å². The Morgan fingerprint density at radius 2 is 2.06 bits per heavy atom. The zero-order chi connectivity index (χ0) is 22.5. The van der Waals surface area contributed by atoms with E-state index in [1.54, 1.807) is 6.33 Å². The van der Waals surface area contributed by atoms with Crippen LogP contribution in [0.1, 0.15) is 40.1 Å². The standard InChI is InChI=1S/C24H25N5O2S/c1-17-14-28(16-26-17)11-10-23(31)29-12-9-19-20(13-25)24(32-21(19)15-29)27-22(30)8-7-18-5-3-2-4-6-18/h2-6,14,16H,7-12,15H2,1H3,(H,27,30). The quantitative estimate of drug-likeness (QED) is 0.598. The molecule has 0 radical (unpaired) electrons. The van der Waals surface area contributed by atoms with Crippen LogP contribution in [-0.4, -0.2) is 32.8 Å². The maximum absolute atomic E-state index is 12.7. The first-order valence-electron chi connectivity index (χ1n) is 10.7. The average Bonchev–Trinajstić information content (AvgIpc) is 3.38. The number of imidazole rings is 1. The molecule has 2 aromatic heterocycles. The van der Waals surface area contributed by atoms with E-state index in [4.69, 9.17) is 0 Å². The molecule has 1 aromatic carbocycles. The van der Waals surface area contributed by atoms with Crippen LogP contribution in [0.3, 0.4) is 0 Å². The molecule has 0 aliphatic carbocycles. The van der Waals surface area contributed by atoms with Gasteiger partial charge in [-0.3, -0.25) is 9.59 Å². The number of nitriles is 1. The van der Waals surface area contributed by atoms with E-state index in [-0.39, 0.29) is 11.8 Å². The lowest BCUT2D eigenvalue weighted by molar-refractivity contribution is -0.132. The van der Waals surface area contributed by atoms with Crippen molar-refractivity contribution in [2.45, 2.75) is 45.7 Å². The summed E-state index contributed by atoms with van der Waals surface area (Å²) < 4.78 is 1.92. The van der Waals surface area contributed by atoms with Gasteiger partial charge >= 0.3 is 0 Å². The number of carbonyl (C=O) groups excluding carboxylic acids is 2. The van der Waals surface area contributed by atoms with Gasteiger partial charge in [0.2, 0.25) is 11.8 Å². The van der Waals surface area contributed by atoms with Crippen LogP contribution in [-0.2, 0) is 35.5 Å². The van der Waals surface area contributed by atoms with Crippen molar-refractivity contribution in [2.75, 3.05) is 11.9 Å². The van der Waals surface area contributed by atoms with Crippen LogP contribution in [0.25, 0.3) is 0 Å². The number of hydrogen-bond acceptors (Lipinski definition) is 5. The van der Waals surface area contributed by atoms with Crippen molar-refractivity contribution in [1.29, 1.82) is 5.26 Å². The van der Waals surface area contributed by atoms with Crippen molar-refractivity contribution in [2.24, 2.45) is 0 Å². The van der Waals surface area contributed by atoms with Gasteiger partial charge in [-0.1, -0.05) is 30.3 Å². The lowest BCUT2D eigenvalue weighted by Gasteiger charge is -2.27. The highest BCUT2D eigenvalue weighted by atomic mass is 32.1. The summed E-state index contributed by atoms with van der Waals surface area (Å²) in [7, 11) is 0. The van der Waals surface area contributed by atoms with Crippen LogP contribution >= 0.6 is 11.3 Å². The normalized spacial score (nSPS) is 12.8. The van der Waals surface area contributed by atoms with E-state index in [1.807, 2.05) is 52.9 Å². The lowest BCUT2D eigenvalue weighted by atomic mass is 10.0. The SMILES string of the molecule is Cc1cn(CCC(=O)N2CCc3c(sc(NC(=O)CCc4ccccc4)c3C#N)C2)cn1. The van der Waals surface area contributed by atoms with Crippen LogP contribution in [0.15, 0.2) is 42.9 Å². The average molecular weight is 448 g/mol. The van der Waals surface area contributed by atoms with Crippen molar-refractivity contribution in [3.8, 4) is 6.07 Å². The Morgan fingerprint density at radius 1 is 1.25 bits per heavy atom. The Bertz CT molecular complexity index is 1160. The van der Waals surface area contributed by atoms with E-state index < -0.39 is 0 Å². The predicted molar refractivity (Wildman–Crippen MR) is 123 cm³/mol. The first-order chi connectivity index (χ1) is 15.5. The Kier molecular flexibility index (Phi) is 6.66. The molecule has 0 unspecified atom stereocenters. The van der Waals surface area contributed by atoms with E-state index in [9.17, 15) is 14.9 Å². The molecule has 0 bridgehead atoms. The Morgan fingerprint density at radius 3 is 2.78 bits per heavy atom. The molecule has 1 aliphatic heterocycles. The molecule has 0 fully saturated rings. The van der Waals surface area contributed by atoms with Crippen LogP contribution in [0, 0.1) is 18.3 Å². The molecule has 8 heteroatoms. The van der Waals surface area contributed by atoms with Gasteiger partial charge in [0.1, 0.15) is 11.1 Å². The molecule has 4 rings (SSSR count). The molecule has 1 aliphatic rings. The van der Waals surface area contributed by atoms with Crippen LogP contribution < -0.4 is 5.32 Å². The number of aromatic nitrogens is 2. The second-order valence-corrected chi connectivity index (χ2v) is 9.03. The summed E-state index contributed by atoms with van der Waals surface area (Å²) in [5.74, 6) is -0.0186. The van der Waals surface area contributed by atoms with Gasteiger partial charge in [-0.25, -0.2) is 4.98 Å². The molecule has 1 N–H and O–H groups in total. The van der Waals surface area contributed by atoms with Gasteiger partial charge in [0.25, 0.3) is 0 Å². The van der Waals surface area contributed by atoms with Crippen molar-refractivity contribution >= 4 is 28.2 Å². The van der Waals surface area contributed by atoms with Gasteiger partial charge in [-0.2, -0.15) is 5.26 Å². The first kappa shape index (κ1) is 21.8. The molecule has 3 aromatic rings. The maximum Gasteiger partial charge on any atom is 0.225 e. The third kappa shape index (κ3) is 5.06. The summed E-state index contributed by atoms with van der Waals surface area (Å²) in [5, 5.41) is 13.2. The number of carbonyl (C=O) groups is 2. The number of aryl methyl sites for hydroxylation is 3. The second-order valence-electron chi connectivity index (χ2n) is 7.92. The van der Waals surface area contributed by atoms with E-state index in [1.165, 1.54) is 11.3 Å². The topological polar surface area (TPSA) is 91.0 Å². The number of amides is 2. The minimum Gasteiger partial charge on any atom is -0.337 e. The number of hydrogen-bond donors (Lipinski definition) is 1. The van der Waals surface area contributed by atoms with E-state index in [0.717, 1.165) is 21.7 Å². The molecule has 2 amide bonds. The summed E-state index contributed by atoms with van der Waals surface area (Å²) in [6, 6.07) is 12.1. The van der Waals surface area contributed by atoms with Gasteiger partial charge in [-0.15, -0.1) is 11.3 Å². The third-order valence-electron chi connectivity index (χ3n) is 5.60. The highest BCUT2D eigenvalue weighted by Crippen LogP contribution is 2.37. The molecule has 0 saturated carbocycles. The Balaban J connectivity index is 1.37. The molecular weight excluding hydrogens is 422 g/mol. The summed E-state index contributed by atoms with van der Waals surface area (Å²) in [5.41, 5.74) is 3.54. The van der Waals surface area contributed by atoms with Crippen molar-refractivity contribution in [1.82, 2.24) is 14.5 Å². The fourth-order valence-corrected chi connectivity index (χ4v) is 5.12. The van der Waals surface area contributed by atoms with E-state index >= 15 is 0 Å². The number of rotatable bonds is 7. The lowest BCUT2D eigenvalue weighted by Crippen LogP contribution is -2.35. The number of nitrogens with one attached hydrogen (secondary N) is 1. The largest absolute Gasteiger partial charge is 0.337 e. The fraction of sp³-hybridized carbons (Fsp3) is 0.333. The summed E-state index contributed by atoms with van der Waals surface area (Å²) in [6.07, 6.45) is 5.71. The summed E-state index contributed by atoms with van der Waals surface area (Å²) in [4.78, 5) is 32.2. The molecule has 3 heterocycles. The van der Waals surface area contributed by atoms with E-state index in [2.05, 4.69) is 16.4 Å². The highest BCUT2D eigenvalue weighted by molar-refractivity contribution is 7.16. The van der Waals surface area contributed by atoms with Gasteiger partial charge in [0.05, 0.1) is 24.1 Å². The molecule has 164 valence electrons. The summed E-state index contributed by atoms with van der Waals surface area (Å²) in [6.45, 7) is 3.59. The molecular formula is C24H25N5O2S. The molecule has 0 atom stereocenters. The molecule has 7 nitrogen and oxygen atoms in total. The summed E-state index contributed by atoms with van der Waals surface area (Å²) >= 11 is 1.41. The molecule has 0 spiro atoms. The van der Waals surface area contributed by atoms with Crippen LogP contribution in [0.5, 0.6) is 0 Å². The minimum atomic E-state index is -0.104. The van der Waals surface area contributed by atoms with Gasteiger partial charge in [0.15, 0.2) is 0 Å². The van der Waals surface area contributed by atoms with Crippen LogP contribution in [0.2, 0.25) is 0 Å². The molecule has 32 heavy (non-hydrogen) atoms. The zero-order valence-corrected chi connectivity index (χ0v) is 18.8. The van der Waals surface area contributed by atoms with Crippen LogP contribution in [0.4, 0.5) is 5.00 Å². The maximum atomic E-state index is 12.7. The van der Waals surface area contributed by atoms with E-state index in [0.29, 0.717) is 55.9 Å². The third-order valence-corrected chi connectivity index (χ3v) is 6.74. The first-order valence-corrected chi connectivity index (χ1v) is 11.5. The number of benzene rings is 1. The second kappa shape index (κ2) is 9.79. The van der Waals surface area contributed by atoms with Gasteiger partial charge in [0, 0.05) is 37.0 Å². The number of nitrogens with zero attached hydrogens (tertiary/aromatic N) is 4. The predicted octanol–water partition coefficient (Wildman–Crippen LogP) is 3.67. The smallest absolute Gasteiger partial charge is 0.225 e. The Labute approximate surface area is 191 Å². The zero-order valence-electron chi connectivity index (χ0n) is 18.0. The van der Waals surface area contributed by atoms with Gasteiger partial charge in [-0.05, 0) is 30.9 Å². The monoisotopic (exact) mass is 447 g/mol. The van der Waals surface area contributed by atoms with Crippen molar-refractivity contribution in [3.05, 3.63) is 70.1 Å². The number of anilines is 1. The number of thiophene rings is 1. The molecule has 0 saturated heterocycles. The van der Waals surface area contributed by atoms with Gasteiger partial charge < -0.3 is 14.8 Å². The number of fused-ring (bicyclic) bond motifs is 1. The van der Waals surface area contributed by atoms with Crippen molar-refractivity contribution < 1.29 is 9.59 Å². The Hall–Kier alpha value is -3.44.